The van der Waals surface area contributed by atoms with Crippen LogP contribution in [0.25, 0.3) is 0 Å². The van der Waals surface area contributed by atoms with Gasteiger partial charge >= 0.3 is 0 Å². The first kappa shape index (κ1) is 15.6. The van der Waals surface area contributed by atoms with Gasteiger partial charge in [0.2, 0.25) is 0 Å². The van der Waals surface area contributed by atoms with Gasteiger partial charge in [-0.2, -0.15) is 0 Å². The fourth-order valence-electron chi connectivity index (χ4n) is 2.31. The zero-order chi connectivity index (χ0) is 14.6. The monoisotopic (exact) mass is 259 g/mol. The molecule has 0 saturated carbocycles. The van der Waals surface area contributed by atoms with Crippen LogP contribution in [0, 0.1) is 12.3 Å². The summed E-state index contributed by atoms with van der Waals surface area (Å²) in [6.07, 6.45) is 4.52. The maximum Gasteiger partial charge on any atom is 0.140 e. The van der Waals surface area contributed by atoms with Crippen molar-refractivity contribution < 1.29 is 5.11 Å². The molecule has 1 unspecified atom stereocenters. The molecule has 0 aliphatic rings. The summed E-state index contributed by atoms with van der Waals surface area (Å²) in [4.78, 5) is 2.29. The van der Waals surface area contributed by atoms with Gasteiger partial charge < -0.3 is 10.0 Å². The maximum atomic E-state index is 9.97. The second kappa shape index (κ2) is 6.12. The predicted octanol–water partition coefficient (Wildman–Crippen LogP) is 3.50. The third-order valence-corrected chi connectivity index (χ3v) is 3.43. The fourth-order valence-corrected chi connectivity index (χ4v) is 2.31. The predicted molar refractivity (Wildman–Crippen MR) is 82.5 cm³/mol. The quantitative estimate of drug-likeness (QED) is 0.837. The van der Waals surface area contributed by atoms with Crippen molar-refractivity contribution in [3.8, 4) is 12.3 Å². The van der Waals surface area contributed by atoms with Gasteiger partial charge in [-0.1, -0.05) is 32.8 Å². The minimum Gasteiger partial charge on any atom is -0.376 e. The highest BCUT2D eigenvalue weighted by molar-refractivity contribution is 5.54. The summed E-state index contributed by atoms with van der Waals surface area (Å²) in [7, 11) is 0. The van der Waals surface area contributed by atoms with Crippen molar-refractivity contribution in [2.24, 2.45) is 0 Å². The van der Waals surface area contributed by atoms with E-state index in [0.29, 0.717) is 0 Å². The van der Waals surface area contributed by atoms with Crippen molar-refractivity contribution in [1.29, 1.82) is 0 Å². The van der Waals surface area contributed by atoms with Crippen LogP contribution >= 0.6 is 0 Å². The molecule has 1 N–H and O–H groups in total. The summed E-state index contributed by atoms with van der Waals surface area (Å²) < 4.78 is 0. The molecule has 1 rings (SSSR count). The molecule has 0 saturated heterocycles. The second-order valence-electron chi connectivity index (χ2n) is 5.76. The highest BCUT2D eigenvalue weighted by Gasteiger charge is 2.22. The minimum absolute atomic E-state index is 0.0453. The van der Waals surface area contributed by atoms with Crippen molar-refractivity contribution in [2.75, 3.05) is 18.0 Å². The highest BCUT2D eigenvalue weighted by atomic mass is 16.3. The molecule has 0 amide bonds. The molecule has 1 aromatic carbocycles. The van der Waals surface area contributed by atoms with Crippen LogP contribution in [-0.4, -0.2) is 18.2 Å². The second-order valence-corrected chi connectivity index (χ2v) is 5.76. The molecular weight excluding hydrogens is 234 g/mol. The van der Waals surface area contributed by atoms with Crippen LogP contribution in [0.3, 0.4) is 0 Å². The lowest BCUT2D eigenvalue weighted by Gasteiger charge is -2.28. The van der Waals surface area contributed by atoms with E-state index >= 15 is 0 Å². The molecule has 1 atom stereocenters. The van der Waals surface area contributed by atoms with Gasteiger partial charge in [-0.25, -0.2) is 0 Å². The average molecular weight is 259 g/mol. The van der Waals surface area contributed by atoms with Crippen molar-refractivity contribution in [3.05, 3.63) is 29.3 Å². The van der Waals surface area contributed by atoms with Crippen molar-refractivity contribution in [1.82, 2.24) is 0 Å². The molecule has 2 nitrogen and oxygen atoms in total. The molecule has 19 heavy (non-hydrogen) atoms. The number of anilines is 1. The summed E-state index contributed by atoms with van der Waals surface area (Å²) in [6.45, 7) is 12.6. The van der Waals surface area contributed by atoms with Gasteiger partial charge in [-0.15, -0.1) is 6.42 Å². The lowest BCUT2D eigenvalue weighted by molar-refractivity contribution is 0.235. The molecule has 0 aromatic heterocycles. The van der Waals surface area contributed by atoms with E-state index in [9.17, 15) is 5.11 Å². The number of hydrogen-bond donors (Lipinski definition) is 1. The molecule has 104 valence electrons. The van der Waals surface area contributed by atoms with Crippen LogP contribution in [0.4, 0.5) is 5.69 Å². The zero-order valence-electron chi connectivity index (χ0n) is 12.7. The number of nitrogens with zero attached hydrogens (tertiary/aromatic N) is 1. The average Bonchev–Trinajstić information content (AvgIpc) is 2.38. The number of terminal acetylenes is 1. The summed E-state index contributed by atoms with van der Waals surface area (Å²) in [5, 5.41) is 9.97. The smallest absolute Gasteiger partial charge is 0.140 e. The summed E-state index contributed by atoms with van der Waals surface area (Å²) >= 11 is 0. The summed E-state index contributed by atoms with van der Waals surface area (Å²) in [5.74, 6) is 2.41. The normalized spacial score (nSPS) is 12.9. The van der Waals surface area contributed by atoms with E-state index in [-0.39, 0.29) is 5.41 Å². The van der Waals surface area contributed by atoms with Gasteiger partial charge in [0.25, 0.3) is 0 Å². The van der Waals surface area contributed by atoms with Crippen LogP contribution in [0.5, 0.6) is 0 Å². The van der Waals surface area contributed by atoms with Gasteiger partial charge in [0, 0.05) is 18.8 Å². The molecule has 0 radical (unpaired) electrons. The Labute approximate surface area is 117 Å². The van der Waals surface area contributed by atoms with E-state index in [4.69, 9.17) is 6.42 Å². The van der Waals surface area contributed by atoms with Crippen LogP contribution in [0.2, 0.25) is 0 Å². The summed E-state index contributed by atoms with van der Waals surface area (Å²) in [5.41, 5.74) is 3.09. The number of aliphatic hydroxyl groups is 1. The van der Waals surface area contributed by atoms with Gasteiger partial charge in [-0.3, -0.25) is 0 Å². The largest absolute Gasteiger partial charge is 0.376 e. The van der Waals surface area contributed by atoms with Crippen molar-refractivity contribution in [3.63, 3.8) is 0 Å². The fraction of sp³-hybridized carbons (Fsp3) is 0.529. The van der Waals surface area contributed by atoms with E-state index in [1.807, 2.05) is 12.1 Å². The number of hydrogen-bond acceptors (Lipinski definition) is 2. The third-order valence-electron chi connectivity index (χ3n) is 3.43. The van der Waals surface area contributed by atoms with Gasteiger partial charge in [0.1, 0.15) is 6.10 Å². The van der Waals surface area contributed by atoms with E-state index in [2.05, 4.69) is 51.5 Å². The third kappa shape index (κ3) is 3.52. The number of aliphatic hydroxyl groups excluding tert-OH is 1. The SMILES string of the molecule is C#CC(O)c1ccc(N(CC)CC)cc1C(C)(C)C. The zero-order valence-corrected chi connectivity index (χ0v) is 12.7. The molecule has 1 aromatic rings. The Hall–Kier alpha value is -1.46. The Balaban J connectivity index is 3.36. The summed E-state index contributed by atoms with van der Waals surface area (Å²) in [6, 6.07) is 6.15. The molecule has 0 aliphatic heterocycles. The van der Waals surface area contributed by atoms with Crippen LogP contribution in [-0.2, 0) is 5.41 Å². The van der Waals surface area contributed by atoms with Crippen LogP contribution < -0.4 is 4.90 Å². The van der Waals surface area contributed by atoms with Gasteiger partial charge in [0.15, 0.2) is 0 Å². The molecule has 0 bridgehead atoms. The minimum atomic E-state index is -0.833. The molecule has 0 fully saturated rings. The molecular formula is C17H25NO. The van der Waals surface area contributed by atoms with Crippen LogP contribution in [0.1, 0.15) is 51.8 Å². The Morgan fingerprint density at radius 3 is 2.26 bits per heavy atom. The van der Waals surface area contributed by atoms with E-state index in [0.717, 1.165) is 24.2 Å². The topological polar surface area (TPSA) is 23.5 Å². The Bertz CT molecular complexity index is 461. The molecule has 0 heterocycles. The molecule has 0 aliphatic carbocycles. The van der Waals surface area contributed by atoms with E-state index < -0.39 is 6.10 Å². The first-order valence-corrected chi connectivity index (χ1v) is 6.88. The first-order chi connectivity index (χ1) is 8.85. The first-order valence-electron chi connectivity index (χ1n) is 6.88. The van der Waals surface area contributed by atoms with Gasteiger partial charge in [0.05, 0.1) is 0 Å². The van der Waals surface area contributed by atoms with Crippen molar-refractivity contribution >= 4 is 5.69 Å². The highest BCUT2D eigenvalue weighted by Crippen LogP contribution is 2.33. The maximum absolute atomic E-state index is 9.97. The lowest BCUT2D eigenvalue weighted by Crippen LogP contribution is -2.23. The van der Waals surface area contributed by atoms with Gasteiger partial charge in [-0.05, 0) is 42.5 Å². The lowest BCUT2D eigenvalue weighted by atomic mass is 9.82. The number of rotatable bonds is 4. The van der Waals surface area contributed by atoms with E-state index in [1.54, 1.807) is 0 Å². The molecule has 2 heteroatoms. The molecule has 0 spiro atoms. The number of benzene rings is 1. The van der Waals surface area contributed by atoms with Crippen molar-refractivity contribution in [2.45, 2.75) is 46.1 Å². The Kier molecular flexibility index (Phi) is 5.03. The van der Waals surface area contributed by atoms with E-state index in [1.165, 1.54) is 5.69 Å². The standard InChI is InChI=1S/C17H25NO/c1-7-16(19)14-11-10-13(18(8-2)9-3)12-15(14)17(4,5)6/h1,10-12,16,19H,8-9H2,2-6H3. The Morgan fingerprint density at radius 2 is 1.84 bits per heavy atom. The Morgan fingerprint density at radius 1 is 1.26 bits per heavy atom. The van der Waals surface area contributed by atoms with Crippen LogP contribution in [0.15, 0.2) is 18.2 Å².